The van der Waals surface area contributed by atoms with E-state index in [4.69, 9.17) is 28.8 Å². The minimum absolute atomic E-state index is 0.0965. The molecule has 1 heterocycles. The second-order valence-electron chi connectivity index (χ2n) is 16.5. The lowest BCUT2D eigenvalue weighted by Crippen LogP contribution is -2.24. The van der Waals surface area contributed by atoms with E-state index in [0.29, 0.717) is 29.6 Å². The number of ketones is 1. The highest BCUT2D eigenvalue weighted by atomic mass is 35.5. The van der Waals surface area contributed by atoms with Crippen LogP contribution in [-0.4, -0.2) is 76.9 Å². The lowest BCUT2D eigenvalue weighted by atomic mass is 9.86. The van der Waals surface area contributed by atoms with Crippen LogP contribution in [0.1, 0.15) is 129 Å². The van der Waals surface area contributed by atoms with E-state index in [0.717, 1.165) is 46.8 Å². The summed E-state index contributed by atoms with van der Waals surface area (Å²) >= 11 is 12.2. The van der Waals surface area contributed by atoms with Gasteiger partial charge in [-0.05, 0) is 37.3 Å². The molecule has 0 aliphatic heterocycles. The number of rotatable bonds is 9. The van der Waals surface area contributed by atoms with Crippen molar-refractivity contribution < 1.29 is 35.4 Å². The first-order chi connectivity index (χ1) is 26.3. The Morgan fingerprint density at radius 1 is 0.786 bits per heavy atom. The molecule has 0 amide bonds. The molecule has 14 heteroatoms. The van der Waals surface area contributed by atoms with Gasteiger partial charge in [0.05, 0.1) is 30.4 Å². The van der Waals surface area contributed by atoms with Gasteiger partial charge in [-0.1, -0.05) is 105 Å². The third kappa shape index (κ3) is 14.9. The third-order valence-corrected chi connectivity index (χ3v) is 10.9. The van der Waals surface area contributed by atoms with Crippen molar-refractivity contribution in [2.45, 2.75) is 124 Å². The fourth-order valence-electron chi connectivity index (χ4n) is 6.08. The molecule has 56 heavy (non-hydrogen) atoms. The summed E-state index contributed by atoms with van der Waals surface area (Å²) in [6.45, 7) is 12.4. The number of thiocarbonyl (C=S) groups is 1. The average Bonchev–Trinajstić information content (AvgIpc) is 3.55. The summed E-state index contributed by atoms with van der Waals surface area (Å²) in [5, 5.41) is 64.1. The normalized spacial score (nSPS) is 16.0. The molecule has 2 aromatic carbocycles. The number of aromatic hydroxyl groups is 6. The van der Waals surface area contributed by atoms with Crippen molar-refractivity contribution in [1.29, 1.82) is 0 Å². The number of hydrogen-bond acceptors (Lipinski definition) is 12. The molecule has 6 N–H and O–H groups in total. The molecule has 0 atom stereocenters. The van der Waals surface area contributed by atoms with Crippen molar-refractivity contribution in [2.75, 3.05) is 12.4 Å². The molecule has 2 saturated carbocycles. The Bertz CT molecular complexity index is 1900. The number of aromatic nitrogens is 1. The van der Waals surface area contributed by atoms with Gasteiger partial charge in [0, 0.05) is 50.5 Å². The minimum atomic E-state index is -0.365. The number of phenols is 6. The molecular formula is C42H59ClN4O7S2. The Hall–Kier alpha value is -3.94. The van der Waals surface area contributed by atoms with Crippen LogP contribution < -0.4 is 4.80 Å². The maximum Gasteiger partial charge on any atom is 0.206 e. The highest BCUT2D eigenvalue weighted by molar-refractivity contribution is 7.80. The van der Waals surface area contributed by atoms with Gasteiger partial charge >= 0.3 is 0 Å². The van der Waals surface area contributed by atoms with E-state index >= 15 is 0 Å². The molecule has 0 unspecified atom stereocenters. The molecule has 0 saturated heterocycles. The van der Waals surface area contributed by atoms with E-state index in [1.165, 1.54) is 75.9 Å². The molecule has 0 spiro atoms. The van der Waals surface area contributed by atoms with Crippen LogP contribution in [0.15, 0.2) is 44.7 Å². The van der Waals surface area contributed by atoms with Gasteiger partial charge in [-0.15, -0.1) is 22.9 Å². The van der Waals surface area contributed by atoms with Gasteiger partial charge in [-0.3, -0.25) is 14.8 Å². The first-order valence-corrected chi connectivity index (χ1v) is 21.0. The van der Waals surface area contributed by atoms with Crippen LogP contribution in [0.2, 0.25) is 0 Å². The quantitative estimate of drug-likeness (QED) is 0.0406. The fraction of sp³-hybridized carbons (Fsp3) is 0.548. The zero-order chi connectivity index (χ0) is 41.6. The smallest absolute Gasteiger partial charge is 0.206 e. The molecule has 5 rings (SSSR count). The summed E-state index contributed by atoms with van der Waals surface area (Å²) in [5.41, 5.74) is 1.34. The van der Waals surface area contributed by atoms with Crippen LogP contribution in [0.25, 0.3) is 0 Å². The molecular weight excluding hydrogens is 772 g/mol. The van der Waals surface area contributed by atoms with Crippen molar-refractivity contribution in [3.8, 4) is 34.5 Å². The molecule has 11 nitrogen and oxygen atoms in total. The number of Topliss-reactive ketones (excluding diaryl/α,β-unsaturated/α-hetero) is 1. The van der Waals surface area contributed by atoms with Crippen LogP contribution in [0.4, 0.5) is 0 Å². The first-order valence-electron chi connectivity index (χ1n) is 19.2. The van der Waals surface area contributed by atoms with Gasteiger partial charge in [-0.25, -0.2) is 4.68 Å². The monoisotopic (exact) mass is 830 g/mol. The van der Waals surface area contributed by atoms with E-state index in [9.17, 15) is 35.4 Å². The molecule has 0 radical (unpaired) electrons. The number of nitrogens with zero attached hydrogens (tertiary/aromatic N) is 4. The Morgan fingerprint density at radius 2 is 1.29 bits per heavy atom. The molecule has 1 aromatic heterocycles. The van der Waals surface area contributed by atoms with Crippen molar-refractivity contribution in [3.05, 3.63) is 51.3 Å². The van der Waals surface area contributed by atoms with Crippen LogP contribution in [0.3, 0.4) is 0 Å². The van der Waals surface area contributed by atoms with Crippen molar-refractivity contribution >= 4 is 58.2 Å². The van der Waals surface area contributed by atoms with Gasteiger partial charge in [0.25, 0.3) is 0 Å². The van der Waals surface area contributed by atoms with Crippen LogP contribution in [0, 0.1) is 11.3 Å². The van der Waals surface area contributed by atoms with Crippen molar-refractivity contribution in [1.82, 2.24) is 4.68 Å². The fourth-order valence-corrected chi connectivity index (χ4v) is 7.92. The lowest BCUT2D eigenvalue weighted by molar-refractivity contribution is -0.123. The average molecular weight is 832 g/mol. The van der Waals surface area contributed by atoms with Gasteiger partial charge in [0.1, 0.15) is 11.5 Å². The number of alkyl halides is 1. The highest BCUT2D eigenvalue weighted by Gasteiger charge is 2.22. The van der Waals surface area contributed by atoms with E-state index in [-0.39, 0.29) is 57.0 Å². The van der Waals surface area contributed by atoms with E-state index in [1.807, 2.05) is 25.4 Å². The number of hydrogen-bond donors (Lipinski definition) is 6. The van der Waals surface area contributed by atoms with Crippen LogP contribution in [-0.2, 0) is 10.2 Å². The molecule has 3 aromatic rings. The van der Waals surface area contributed by atoms with Crippen LogP contribution in [0.5, 0.6) is 34.5 Å². The maximum atomic E-state index is 10.7. The minimum Gasteiger partial charge on any atom is -0.507 e. The van der Waals surface area contributed by atoms with E-state index in [1.54, 1.807) is 11.3 Å². The number of benzene rings is 2. The molecule has 0 bridgehead atoms. The Labute approximate surface area is 345 Å². The summed E-state index contributed by atoms with van der Waals surface area (Å²) in [6.07, 6.45) is 16.3. The van der Waals surface area contributed by atoms with Crippen molar-refractivity contribution in [3.63, 3.8) is 0 Å². The summed E-state index contributed by atoms with van der Waals surface area (Å²) in [4.78, 5) is 21.6. The van der Waals surface area contributed by atoms with Gasteiger partial charge in [-0.2, -0.15) is 5.10 Å². The summed E-state index contributed by atoms with van der Waals surface area (Å²) in [7, 11) is 0. The van der Waals surface area contributed by atoms with Crippen LogP contribution >= 0.6 is 35.2 Å². The SMILES string of the molecule is CC(C)(C)C(=O)CCl.CC(C)(C)c1csc(=NC2CCCCC2)n1/N=C/c1cc(O)c(O)cc1O.Oc1cc(O)c(C=NCC(=S)CC2CCCCC2)cc1O. The lowest BCUT2D eigenvalue weighted by Gasteiger charge is -2.21. The second kappa shape index (κ2) is 21.5. The summed E-state index contributed by atoms with van der Waals surface area (Å²) in [5.74, 6) is -0.629. The maximum absolute atomic E-state index is 10.7. The van der Waals surface area contributed by atoms with Gasteiger partial charge < -0.3 is 30.6 Å². The zero-order valence-corrected chi connectivity index (χ0v) is 35.9. The number of thiazole rings is 1. The Morgan fingerprint density at radius 3 is 1.77 bits per heavy atom. The van der Waals surface area contributed by atoms with Crippen molar-refractivity contribution in [2.24, 2.45) is 26.4 Å². The molecule has 308 valence electrons. The molecule has 2 aliphatic carbocycles. The first kappa shape index (κ1) is 46.4. The predicted octanol–water partition coefficient (Wildman–Crippen LogP) is 9.48. The summed E-state index contributed by atoms with van der Waals surface area (Å²) < 4.78 is 1.82. The summed E-state index contributed by atoms with van der Waals surface area (Å²) in [6, 6.07) is 5.09. The topological polar surface area (TPSA) is 180 Å². The third-order valence-electron chi connectivity index (χ3n) is 9.58. The van der Waals surface area contributed by atoms with Gasteiger partial charge in [0.2, 0.25) is 4.80 Å². The number of carbonyl (C=O) groups is 1. The van der Waals surface area contributed by atoms with E-state index < -0.39 is 0 Å². The van der Waals surface area contributed by atoms with Gasteiger partial charge in [0.15, 0.2) is 28.8 Å². The zero-order valence-electron chi connectivity index (χ0n) is 33.5. The largest absolute Gasteiger partial charge is 0.507 e. The standard InChI is InChI=1S/C20H27N3O3S.C16H21NO3S.C6H11ClO/c1-20(2,3)18-12-27-19(22-14-7-5-4-6-8-14)23(18)21-11-13-9-16(25)17(26)10-15(13)24;18-14-8-16(20)15(19)7-12(14)9-17-10-13(21)6-11-4-2-1-3-5-11;1-6(2,3)5(8)4-7/h9-12,14,24-26H,4-8H2,1-3H3;7-9,11,18-20H,1-6,10H2;4H2,1-3H3/b21-11+,22-19?;;. The number of carbonyl (C=O) groups excluding carboxylic acids is 1. The molecule has 2 fully saturated rings. The molecule has 2 aliphatic rings. The predicted molar refractivity (Wildman–Crippen MR) is 231 cm³/mol. The second-order valence-corrected chi connectivity index (χ2v) is 18.1. The number of halogens is 1. The van der Waals surface area contributed by atoms with E-state index in [2.05, 4.69) is 36.2 Å². The number of phenolic OH excluding ortho intramolecular Hbond substituents is 6. The Kier molecular flexibility index (Phi) is 17.9. The highest BCUT2D eigenvalue weighted by Crippen LogP contribution is 2.33. The number of aliphatic imine (C=N–C) groups is 1. The Balaban J connectivity index is 0.000000257.